The Bertz CT molecular complexity index is 561. The third kappa shape index (κ3) is 3.19. The van der Waals surface area contributed by atoms with Gasteiger partial charge in [0, 0.05) is 11.9 Å². The summed E-state index contributed by atoms with van der Waals surface area (Å²) in [6, 6.07) is 6.49. The van der Waals surface area contributed by atoms with Crippen LogP contribution in [0.5, 0.6) is 0 Å². The number of amides is 1. The number of benzene rings is 1. The van der Waals surface area contributed by atoms with Crippen LogP contribution in [0.1, 0.15) is 27.6 Å². The lowest BCUT2D eigenvalue weighted by Crippen LogP contribution is -2.11. The van der Waals surface area contributed by atoms with Crippen LogP contribution in [0.15, 0.2) is 36.7 Å². The van der Waals surface area contributed by atoms with Gasteiger partial charge in [-0.05, 0) is 31.2 Å². The first kappa shape index (κ1) is 12.8. The maximum absolute atomic E-state index is 11.7. The van der Waals surface area contributed by atoms with Crippen molar-refractivity contribution in [3.05, 3.63) is 47.8 Å². The van der Waals surface area contributed by atoms with Crippen LogP contribution in [0, 0.1) is 0 Å². The molecule has 6 heteroatoms. The zero-order chi connectivity index (χ0) is 13.7. The zero-order valence-electron chi connectivity index (χ0n) is 10.3. The number of anilines is 1. The van der Waals surface area contributed by atoms with Crippen LogP contribution in [-0.2, 0) is 4.74 Å². The molecule has 0 bridgehead atoms. The summed E-state index contributed by atoms with van der Waals surface area (Å²) in [5.74, 6) is -0.646. The van der Waals surface area contributed by atoms with Gasteiger partial charge in [-0.3, -0.25) is 9.89 Å². The van der Waals surface area contributed by atoms with Crippen molar-refractivity contribution >= 4 is 17.6 Å². The van der Waals surface area contributed by atoms with Gasteiger partial charge in [0.1, 0.15) is 0 Å². The molecule has 0 aliphatic carbocycles. The van der Waals surface area contributed by atoms with Crippen LogP contribution in [0.2, 0.25) is 0 Å². The van der Waals surface area contributed by atoms with Gasteiger partial charge in [0.05, 0.1) is 23.9 Å². The summed E-state index contributed by atoms with van der Waals surface area (Å²) >= 11 is 0. The lowest BCUT2D eigenvalue weighted by Gasteiger charge is -2.05. The molecule has 1 heterocycles. The van der Waals surface area contributed by atoms with Crippen LogP contribution >= 0.6 is 0 Å². The number of aromatic nitrogens is 2. The van der Waals surface area contributed by atoms with E-state index in [0.717, 1.165) is 0 Å². The highest BCUT2D eigenvalue weighted by Crippen LogP contribution is 2.11. The van der Waals surface area contributed by atoms with Gasteiger partial charge >= 0.3 is 5.97 Å². The molecule has 0 aliphatic rings. The number of aromatic amines is 1. The Kier molecular flexibility index (Phi) is 3.92. The number of carbonyl (C=O) groups excluding carboxylic acids is 2. The quantitative estimate of drug-likeness (QED) is 0.820. The molecule has 0 spiro atoms. The van der Waals surface area contributed by atoms with Gasteiger partial charge in [-0.15, -0.1) is 0 Å². The SMILES string of the molecule is CCOC(=O)c1ccc(NC(=O)c2cn[nH]c2)cc1. The predicted molar refractivity (Wildman–Crippen MR) is 68.9 cm³/mol. The van der Waals surface area contributed by atoms with Crippen LogP contribution < -0.4 is 5.32 Å². The van der Waals surface area contributed by atoms with Crippen molar-refractivity contribution in [3.8, 4) is 0 Å². The van der Waals surface area contributed by atoms with Crippen molar-refractivity contribution in [2.75, 3.05) is 11.9 Å². The minimum Gasteiger partial charge on any atom is -0.462 e. The molecule has 0 saturated heterocycles. The lowest BCUT2D eigenvalue weighted by atomic mass is 10.2. The number of rotatable bonds is 4. The molecular weight excluding hydrogens is 246 g/mol. The Morgan fingerprint density at radius 1 is 1.26 bits per heavy atom. The molecule has 0 radical (unpaired) electrons. The van der Waals surface area contributed by atoms with Crippen LogP contribution in [-0.4, -0.2) is 28.7 Å². The van der Waals surface area contributed by atoms with E-state index in [-0.39, 0.29) is 11.9 Å². The molecule has 0 aliphatic heterocycles. The molecule has 0 atom stereocenters. The summed E-state index contributed by atoms with van der Waals surface area (Å²) in [6.45, 7) is 2.08. The molecule has 1 aromatic heterocycles. The number of esters is 1. The number of H-pyrrole nitrogens is 1. The summed E-state index contributed by atoms with van der Waals surface area (Å²) in [7, 11) is 0. The number of carbonyl (C=O) groups is 2. The molecule has 0 unspecified atom stereocenters. The van der Waals surface area contributed by atoms with Gasteiger partial charge in [0.2, 0.25) is 0 Å². The van der Waals surface area contributed by atoms with E-state index in [1.54, 1.807) is 31.2 Å². The molecule has 1 amide bonds. The van der Waals surface area contributed by atoms with Crippen LogP contribution in [0.25, 0.3) is 0 Å². The Labute approximate surface area is 109 Å². The largest absolute Gasteiger partial charge is 0.462 e. The molecule has 19 heavy (non-hydrogen) atoms. The number of nitrogens with zero attached hydrogens (tertiary/aromatic N) is 1. The second kappa shape index (κ2) is 5.81. The van der Waals surface area contributed by atoms with Gasteiger partial charge in [0.15, 0.2) is 0 Å². The topological polar surface area (TPSA) is 84.1 Å². The minimum absolute atomic E-state index is 0.266. The Balaban J connectivity index is 2.03. The summed E-state index contributed by atoms with van der Waals surface area (Å²) in [6.07, 6.45) is 2.94. The highest BCUT2D eigenvalue weighted by Gasteiger charge is 2.09. The van der Waals surface area contributed by atoms with E-state index in [1.807, 2.05) is 0 Å². The van der Waals surface area contributed by atoms with E-state index in [4.69, 9.17) is 4.74 Å². The molecule has 0 fully saturated rings. The molecular formula is C13H13N3O3. The summed E-state index contributed by atoms with van der Waals surface area (Å²) in [5.41, 5.74) is 1.48. The monoisotopic (exact) mass is 259 g/mol. The fourth-order valence-electron chi connectivity index (χ4n) is 1.48. The number of hydrogen-bond donors (Lipinski definition) is 2. The predicted octanol–water partition coefficient (Wildman–Crippen LogP) is 1.84. The van der Waals surface area contributed by atoms with Crippen molar-refractivity contribution in [1.82, 2.24) is 10.2 Å². The molecule has 0 saturated carbocycles. The Morgan fingerprint density at radius 3 is 2.58 bits per heavy atom. The van der Waals surface area contributed by atoms with E-state index >= 15 is 0 Å². The van der Waals surface area contributed by atoms with E-state index in [2.05, 4.69) is 15.5 Å². The average Bonchev–Trinajstić information content (AvgIpc) is 2.94. The molecule has 2 N–H and O–H groups in total. The van der Waals surface area contributed by atoms with E-state index in [0.29, 0.717) is 23.4 Å². The zero-order valence-corrected chi connectivity index (χ0v) is 10.3. The Hall–Kier alpha value is -2.63. The second-order valence-electron chi connectivity index (χ2n) is 3.74. The van der Waals surface area contributed by atoms with Gasteiger partial charge in [-0.1, -0.05) is 0 Å². The first-order valence-corrected chi connectivity index (χ1v) is 5.78. The maximum Gasteiger partial charge on any atom is 0.338 e. The van der Waals surface area contributed by atoms with Crippen molar-refractivity contribution in [2.24, 2.45) is 0 Å². The number of ether oxygens (including phenoxy) is 1. The van der Waals surface area contributed by atoms with Gasteiger partial charge in [-0.2, -0.15) is 5.10 Å². The molecule has 6 nitrogen and oxygen atoms in total. The average molecular weight is 259 g/mol. The van der Waals surface area contributed by atoms with Crippen LogP contribution in [0.4, 0.5) is 5.69 Å². The maximum atomic E-state index is 11.7. The van der Waals surface area contributed by atoms with Crippen molar-refractivity contribution in [2.45, 2.75) is 6.92 Å². The van der Waals surface area contributed by atoms with E-state index in [9.17, 15) is 9.59 Å². The fourth-order valence-corrected chi connectivity index (χ4v) is 1.48. The van der Waals surface area contributed by atoms with E-state index in [1.165, 1.54) is 12.4 Å². The van der Waals surface area contributed by atoms with Crippen molar-refractivity contribution < 1.29 is 14.3 Å². The highest BCUT2D eigenvalue weighted by molar-refractivity contribution is 6.04. The van der Waals surface area contributed by atoms with Gasteiger partial charge in [0.25, 0.3) is 5.91 Å². The molecule has 2 rings (SSSR count). The number of nitrogens with one attached hydrogen (secondary N) is 2. The Morgan fingerprint density at radius 2 is 2.00 bits per heavy atom. The van der Waals surface area contributed by atoms with Crippen molar-refractivity contribution in [3.63, 3.8) is 0 Å². The lowest BCUT2D eigenvalue weighted by molar-refractivity contribution is 0.0526. The molecule has 1 aromatic carbocycles. The van der Waals surface area contributed by atoms with Gasteiger partial charge < -0.3 is 10.1 Å². The number of hydrogen-bond acceptors (Lipinski definition) is 4. The first-order chi connectivity index (χ1) is 9.20. The van der Waals surface area contributed by atoms with Gasteiger partial charge in [-0.25, -0.2) is 4.79 Å². The van der Waals surface area contributed by atoms with Crippen molar-refractivity contribution in [1.29, 1.82) is 0 Å². The molecule has 98 valence electrons. The third-order valence-corrected chi connectivity index (χ3v) is 2.41. The fraction of sp³-hybridized carbons (Fsp3) is 0.154. The minimum atomic E-state index is -0.379. The van der Waals surface area contributed by atoms with Crippen LogP contribution in [0.3, 0.4) is 0 Å². The normalized spacial score (nSPS) is 9.95. The smallest absolute Gasteiger partial charge is 0.338 e. The third-order valence-electron chi connectivity index (χ3n) is 2.41. The first-order valence-electron chi connectivity index (χ1n) is 5.78. The second-order valence-corrected chi connectivity index (χ2v) is 3.74. The summed E-state index contributed by atoms with van der Waals surface area (Å²) < 4.78 is 4.87. The standard InChI is InChI=1S/C13H13N3O3/c1-2-19-13(18)9-3-5-11(6-4-9)16-12(17)10-7-14-15-8-10/h3-8H,2H2,1H3,(H,14,15)(H,16,17). The molecule has 2 aromatic rings. The highest BCUT2D eigenvalue weighted by atomic mass is 16.5. The summed E-state index contributed by atoms with van der Waals surface area (Å²) in [5, 5.41) is 8.95. The van der Waals surface area contributed by atoms with E-state index < -0.39 is 0 Å². The summed E-state index contributed by atoms with van der Waals surface area (Å²) in [4.78, 5) is 23.2.